The molecule has 0 saturated carbocycles. The number of hydrogen-bond donors (Lipinski definition) is 0. The minimum atomic E-state index is -0.442. The van der Waals surface area contributed by atoms with Gasteiger partial charge in [-0.15, -0.1) is 0 Å². The average molecular weight is 362 g/mol. The molecule has 112 valence electrons. The quantitative estimate of drug-likeness (QED) is 0.622. The fraction of sp³-hybridized carbons (Fsp3) is 0.188. The van der Waals surface area contributed by atoms with E-state index in [2.05, 4.69) is 15.9 Å². The van der Waals surface area contributed by atoms with E-state index in [0.717, 1.165) is 14.8 Å². The van der Waals surface area contributed by atoms with E-state index in [0.29, 0.717) is 16.5 Å². The number of imide groups is 1. The highest BCUT2D eigenvalue weighted by Crippen LogP contribution is 2.32. The SMILES string of the molecule is CC(=O)OCCN1C(=O)c2cccc3cc(Br)cc(c23)C1=O. The monoisotopic (exact) mass is 361 g/mol. The van der Waals surface area contributed by atoms with E-state index < -0.39 is 5.97 Å². The van der Waals surface area contributed by atoms with E-state index in [1.807, 2.05) is 12.1 Å². The third kappa shape index (κ3) is 2.39. The Kier molecular flexibility index (Phi) is 3.70. The highest BCUT2D eigenvalue weighted by atomic mass is 79.9. The fourth-order valence-electron chi connectivity index (χ4n) is 2.60. The lowest BCUT2D eigenvalue weighted by atomic mass is 9.94. The number of amides is 2. The van der Waals surface area contributed by atoms with Crippen molar-refractivity contribution in [1.82, 2.24) is 4.90 Å². The molecule has 0 unspecified atom stereocenters. The molecule has 5 nitrogen and oxygen atoms in total. The molecule has 0 atom stereocenters. The van der Waals surface area contributed by atoms with Crippen molar-refractivity contribution in [3.8, 4) is 0 Å². The van der Waals surface area contributed by atoms with Crippen molar-refractivity contribution in [1.29, 1.82) is 0 Å². The third-order valence-electron chi connectivity index (χ3n) is 3.51. The Morgan fingerprint density at radius 3 is 2.64 bits per heavy atom. The molecule has 0 N–H and O–H groups in total. The summed E-state index contributed by atoms with van der Waals surface area (Å²) in [5.41, 5.74) is 0.963. The summed E-state index contributed by atoms with van der Waals surface area (Å²) in [6.45, 7) is 1.32. The molecule has 0 saturated heterocycles. The van der Waals surface area contributed by atoms with Crippen molar-refractivity contribution in [2.45, 2.75) is 6.92 Å². The number of rotatable bonds is 3. The van der Waals surface area contributed by atoms with Gasteiger partial charge in [0.2, 0.25) is 0 Å². The molecule has 22 heavy (non-hydrogen) atoms. The number of ether oxygens (including phenoxy) is 1. The molecule has 1 heterocycles. The molecule has 0 spiro atoms. The van der Waals surface area contributed by atoms with Gasteiger partial charge in [0.1, 0.15) is 6.61 Å². The molecule has 0 aromatic heterocycles. The second-order valence-corrected chi connectivity index (χ2v) is 5.87. The summed E-state index contributed by atoms with van der Waals surface area (Å²) in [6, 6.07) is 8.93. The predicted molar refractivity (Wildman–Crippen MR) is 83.6 cm³/mol. The maximum Gasteiger partial charge on any atom is 0.302 e. The van der Waals surface area contributed by atoms with Crippen molar-refractivity contribution in [2.24, 2.45) is 0 Å². The van der Waals surface area contributed by atoms with Crippen LogP contribution in [0.2, 0.25) is 0 Å². The van der Waals surface area contributed by atoms with E-state index in [9.17, 15) is 14.4 Å². The van der Waals surface area contributed by atoms with Gasteiger partial charge in [-0.25, -0.2) is 0 Å². The number of hydrogen-bond acceptors (Lipinski definition) is 4. The van der Waals surface area contributed by atoms with Gasteiger partial charge in [-0.1, -0.05) is 28.1 Å². The number of benzene rings is 2. The lowest BCUT2D eigenvalue weighted by molar-refractivity contribution is -0.141. The van der Waals surface area contributed by atoms with Crippen LogP contribution in [0, 0.1) is 0 Å². The Balaban J connectivity index is 2.05. The Morgan fingerprint density at radius 2 is 1.91 bits per heavy atom. The lowest BCUT2D eigenvalue weighted by Crippen LogP contribution is -2.42. The van der Waals surface area contributed by atoms with Crippen LogP contribution in [0.4, 0.5) is 0 Å². The van der Waals surface area contributed by atoms with Gasteiger partial charge < -0.3 is 4.74 Å². The van der Waals surface area contributed by atoms with Crippen LogP contribution in [0.5, 0.6) is 0 Å². The number of halogens is 1. The van der Waals surface area contributed by atoms with Crippen LogP contribution < -0.4 is 0 Å². The Morgan fingerprint density at radius 1 is 1.18 bits per heavy atom. The number of nitrogens with zero attached hydrogens (tertiary/aromatic N) is 1. The first kappa shape index (κ1) is 14.7. The normalized spacial score (nSPS) is 13.6. The first-order valence-corrected chi connectivity index (χ1v) is 7.50. The molecule has 6 heteroatoms. The van der Waals surface area contributed by atoms with E-state index in [4.69, 9.17) is 4.74 Å². The second-order valence-electron chi connectivity index (χ2n) is 4.96. The fourth-order valence-corrected chi connectivity index (χ4v) is 3.08. The summed E-state index contributed by atoms with van der Waals surface area (Å²) in [6.07, 6.45) is 0. The van der Waals surface area contributed by atoms with Crippen LogP contribution in [0.3, 0.4) is 0 Å². The lowest BCUT2D eigenvalue weighted by Gasteiger charge is -2.27. The average Bonchev–Trinajstić information content (AvgIpc) is 2.47. The molecule has 2 aromatic carbocycles. The summed E-state index contributed by atoms with van der Waals surface area (Å²) in [5, 5.41) is 1.51. The summed E-state index contributed by atoms with van der Waals surface area (Å²) in [4.78, 5) is 37.1. The number of carbonyl (C=O) groups excluding carboxylic acids is 3. The molecule has 1 aliphatic rings. The van der Waals surface area contributed by atoms with Crippen molar-refractivity contribution in [3.05, 3.63) is 45.9 Å². The van der Waals surface area contributed by atoms with Gasteiger partial charge in [-0.05, 0) is 23.6 Å². The topological polar surface area (TPSA) is 63.7 Å². The number of esters is 1. The van der Waals surface area contributed by atoms with Gasteiger partial charge in [-0.2, -0.15) is 0 Å². The summed E-state index contributed by atoms with van der Waals surface area (Å²) in [7, 11) is 0. The molecule has 2 aromatic rings. The smallest absolute Gasteiger partial charge is 0.302 e. The predicted octanol–water partition coefficient (Wildman–Crippen LogP) is 2.76. The maximum atomic E-state index is 12.6. The van der Waals surface area contributed by atoms with Crippen LogP contribution in [-0.4, -0.2) is 35.8 Å². The molecule has 0 bridgehead atoms. The van der Waals surface area contributed by atoms with Crippen LogP contribution in [0.1, 0.15) is 27.6 Å². The molecule has 1 aliphatic heterocycles. The third-order valence-corrected chi connectivity index (χ3v) is 3.97. The summed E-state index contributed by atoms with van der Waals surface area (Å²) >= 11 is 3.38. The van der Waals surface area contributed by atoms with Gasteiger partial charge in [0.05, 0.1) is 6.54 Å². The van der Waals surface area contributed by atoms with Gasteiger partial charge in [-0.3, -0.25) is 19.3 Å². The molecule has 3 rings (SSSR count). The first-order valence-electron chi connectivity index (χ1n) is 6.71. The number of carbonyl (C=O) groups is 3. The zero-order valence-corrected chi connectivity index (χ0v) is 13.3. The van der Waals surface area contributed by atoms with E-state index >= 15 is 0 Å². The first-order chi connectivity index (χ1) is 10.5. The van der Waals surface area contributed by atoms with Crippen LogP contribution in [-0.2, 0) is 9.53 Å². The van der Waals surface area contributed by atoms with Gasteiger partial charge in [0.15, 0.2) is 0 Å². The highest BCUT2D eigenvalue weighted by Gasteiger charge is 2.32. The standard InChI is InChI=1S/C16H12BrNO4/c1-9(19)22-6-5-18-15(20)12-4-2-3-10-7-11(17)8-13(14(10)12)16(18)21/h2-4,7-8H,5-6H2,1H3. The van der Waals surface area contributed by atoms with E-state index in [1.165, 1.54) is 6.92 Å². The maximum absolute atomic E-state index is 12.6. The Hall–Kier alpha value is -2.21. The van der Waals surface area contributed by atoms with Crippen molar-refractivity contribution in [2.75, 3.05) is 13.2 Å². The summed E-state index contributed by atoms with van der Waals surface area (Å²) in [5.74, 6) is -1.18. The van der Waals surface area contributed by atoms with Gasteiger partial charge in [0, 0.05) is 27.9 Å². The van der Waals surface area contributed by atoms with Crippen molar-refractivity contribution >= 4 is 44.5 Å². The van der Waals surface area contributed by atoms with Gasteiger partial charge >= 0.3 is 5.97 Å². The van der Waals surface area contributed by atoms with E-state index in [-0.39, 0.29) is 25.0 Å². The minimum Gasteiger partial charge on any atom is -0.464 e. The van der Waals surface area contributed by atoms with E-state index in [1.54, 1.807) is 18.2 Å². The van der Waals surface area contributed by atoms with Crippen LogP contribution in [0.15, 0.2) is 34.8 Å². The Labute approximate surface area is 135 Å². The minimum absolute atomic E-state index is 0.00781. The molecule has 2 amide bonds. The Bertz CT molecular complexity index is 815. The zero-order chi connectivity index (χ0) is 15.9. The highest BCUT2D eigenvalue weighted by molar-refractivity contribution is 9.10. The van der Waals surface area contributed by atoms with Crippen LogP contribution >= 0.6 is 15.9 Å². The second kappa shape index (κ2) is 5.53. The molecular weight excluding hydrogens is 350 g/mol. The molecule has 0 radical (unpaired) electrons. The largest absolute Gasteiger partial charge is 0.464 e. The van der Waals surface area contributed by atoms with Crippen molar-refractivity contribution < 1.29 is 19.1 Å². The van der Waals surface area contributed by atoms with Crippen LogP contribution in [0.25, 0.3) is 10.8 Å². The zero-order valence-electron chi connectivity index (χ0n) is 11.8. The molecular formula is C16H12BrNO4. The molecule has 0 aliphatic carbocycles. The van der Waals surface area contributed by atoms with Gasteiger partial charge in [0.25, 0.3) is 11.8 Å². The summed E-state index contributed by atoms with van der Waals surface area (Å²) < 4.78 is 5.60. The molecule has 0 fully saturated rings. The van der Waals surface area contributed by atoms with Crippen molar-refractivity contribution in [3.63, 3.8) is 0 Å².